The summed E-state index contributed by atoms with van der Waals surface area (Å²) in [7, 11) is -3.49. The molecular weight excluding hydrogens is 324 g/mol. The lowest BCUT2D eigenvalue weighted by atomic mass is 10.2. The van der Waals surface area contributed by atoms with Crippen molar-refractivity contribution >= 4 is 16.1 Å². The Morgan fingerprint density at radius 1 is 1.12 bits per heavy atom. The van der Waals surface area contributed by atoms with E-state index in [1.165, 1.54) is 5.41 Å². The van der Waals surface area contributed by atoms with Crippen molar-refractivity contribution in [3.05, 3.63) is 65.5 Å². The van der Waals surface area contributed by atoms with Gasteiger partial charge in [0, 0.05) is 12.0 Å². The Balaban J connectivity index is 1.66. The van der Waals surface area contributed by atoms with E-state index in [4.69, 9.17) is 4.42 Å². The highest BCUT2D eigenvalue weighted by Gasteiger charge is 2.26. The Labute approximate surface area is 143 Å². The number of sulfonamides is 1. The second kappa shape index (κ2) is 7.79. The van der Waals surface area contributed by atoms with Crippen LogP contribution in [0.25, 0.3) is 6.08 Å². The summed E-state index contributed by atoms with van der Waals surface area (Å²) in [5, 5.41) is 1.21. The highest BCUT2D eigenvalue weighted by molar-refractivity contribution is 7.92. The molecule has 3 rings (SSSR count). The van der Waals surface area contributed by atoms with Crippen LogP contribution >= 0.6 is 0 Å². The van der Waals surface area contributed by atoms with Crippen molar-refractivity contribution in [1.29, 1.82) is 0 Å². The monoisotopic (exact) mass is 346 g/mol. The van der Waals surface area contributed by atoms with Crippen LogP contribution in [0, 0.1) is 0 Å². The summed E-state index contributed by atoms with van der Waals surface area (Å²) >= 11 is 0. The van der Waals surface area contributed by atoms with Gasteiger partial charge in [-0.3, -0.25) is 4.90 Å². The van der Waals surface area contributed by atoms with Gasteiger partial charge >= 0.3 is 0 Å². The van der Waals surface area contributed by atoms with Gasteiger partial charge in [-0.15, -0.1) is 0 Å². The third-order valence-electron chi connectivity index (χ3n) is 4.17. The van der Waals surface area contributed by atoms with Gasteiger partial charge in [0.15, 0.2) is 0 Å². The summed E-state index contributed by atoms with van der Waals surface area (Å²) in [4.78, 5) is 2.27. The highest BCUT2D eigenvalue weighted by Crippen LogP contribution is 2.25. The first-order valence-corrected chi connectivity index (χ1v) is 9.69. The van der Waals surface area contributed by atoms with Gasteiger partial charge in [-0.25, -0.2) is 13.1 Å². The molecule has 128 valence electrons. The van der Waals surface area contributed by atoms with Crippen molar-refractivity contribution in [3.63, 3.8) is 0 Å². The molecule has 1 aliphatic rings. The molecule has 0 bridgehead atoms. The van der Waals surface area contributed by atoms with Gasteiger partial charge < -0.3 is 4.42 Å². The number of likely N-dealkylation sites (tertiary alicyclic amines) is 1. The quantitative estimate of drug-likeness (QED) is 0.837. The molecule has 5 nitrogen and oxygen atoms in total. The van der Waals surface area contributed by atoms with Gasteiger partial charge in [0.2, 0.25) is 10.0 Å². The average molecular weight is 346 g/mol. The van der Waals surface area contributed by atoms with E-state index in [9.17, 15) is 8.42 Å². The van der Waals surface area contributed by atoms with E-state index in [0.29, 0.717) is 6.54 Å². The first-order chi connectivity index (χ1) is 11.6. The standard InChI is InChI=1S/C18H22N2O3S/c21-24(22,14-10-16-7-2-1-3-8-16)19-15-17(18-9-6-13-23-18)20-11-4-5-12-20/h1-3,6-10,13-14,17,19H,4-5,11-12,15H2/b14-10-/t17-/m1/s1. The molecule has 2 heterocycles. The summed E-state index contributed by atoms with van der Waals surface area (Å²) in [5.74, 6) is 0.798. The summed E-state index contributed by atoms with van der Waals surface area (Å²) < 4.78 is 32.7. The molecule has 6 heteroatoms. The van der Waals surface area contributed by atoms with Gasteiger partial charge in [-0.05, 0) is 49.7 Å². The zero-order valence-corrected chi connectivity index (χ0v) is 14.3. The molecule has 0 amide bonds. The fourth-order valence-corrected chi connectivity index (χ4v) is 3.74. The van der Waals surface area contributed by atoms with Crippen LogP contribution in [0.15, 0.2) is 58.6 Å². The van der Waals surface area contributed by atoms with Crippen molar-refractivity contribution in [2.45, 2.75) is 18.9 Å². The Hall–Kier alpha value is -1.89. The van der Waals surface area contributed by atoms with Crippen LogP contribution in [0.1, 0.15) is 30.2 Å². The third-order valence-corrected chi connectivity index (χ3v) is 5.23. The summed E-state index contributed by atoms with van der Waals surface area (Å²) in [6.45, 7) is 2.23. The van der Waals surface area contributed by atoms with Crippen LogP contribution in [0.2, 0.25) is 0 Å². The molecule has 1 aromatic heterocycles. The number of hydrogen-bond acceptors (Lipinski definition) is 4. The molecule has 2 aromatic rings. The first-order valence-electron chi connectivity index (χ1n) is 8.14. The molecule has 1 aromatic carbocycles. The van der Waals surface area contributed by atoms with E-state index in [-0.39, 0.29) is 6.04 Å². The maximum absolute atomic E-state index is 12.2. The molecule has 24 heavy (non-hydrogen) atoms. The summed E-state index contributed by atoms with van der Waals surface area (Å²) in [5.41, 5.74) is 0.852. The zero-order valence-electron chi connectivity index (χ0n) is 13.5. The van der Waals surface area contributed by atoms with Crippen LogP contribution in [0.3, 0.4) is 0 Å². The fraction of sp³-hybridized carbons (Fsp3) is 0.333. The molecule has 0 saturated carbocycles. The minimum atomic E-state index is -3.49. The highest BCUT2D eigenvalue weighted by atomic mass is 32.2. The Bertz CT molecular complexity index is 749. The van der Waals surface area contributed by atoms with E-state index in [2.05, 4.69) is 9.62 Å². The van der Waals surface area contributed by atoms with Gasteiger partial charge in [0.05, 0.1) is 12.3 Å². The maximum atomic E-state index is 12.2. The lowest BCUT2D eigenvalue weighted by molar-refractivity contribution is 0.216. The topological polar surface area (TPSA) is 62.6 Å². The number of benzene rings is 1. The Morgan fingerprint density at radius 2 is 1.88 bits per heavy atom. The molecule has 1 atom stereocenters. The fourth-order valence-electron chi connectivity index (χ4n) is 2.92. The molecular formula is C18H22N2O3S. The van der Waals surface area contributed by atoms with Gasteiger partial charge in [0.25, 0.3) is 0 Å². The van der Waals surface area contributed by atoms with Crippen LogP contribution in [0.5, 0.6) is 0 Å². The third kappa shape index (κ3) is 4.56. The van der Waals surface area contributed by atoms with E-state index in [1.807, 2.05) is 42.5 Å². The Morgan fingerprint density at radius 3 is 2.54 bits per heavy atom. The lowest BCUT2D eigenvalue weighted by Gasteiger charge is -2.25. The first kappa shape index (κ1) is 17.0. The van der Waals surface area contributed by atoms with E-state index < -0.39 is 10.0 Å². The predicted molar refractivity (Wildman–Crippen MR) is 94.7 cm³/mol. The lowest BCUT2D eigenvalue weighted by Crippen LogP contribution is -2.35. The smallest absolute Gasteiger partial charge is 0.233 e. The van der Waals surface area contributed by atoms with Gasteiger partial charge in [-0.1, -0.05) is 30.3 Å². The van der Waals surface area contributed by atoms with E-state index in [1.54, 1.807) is 12.3 Å². The number of rotatable bonds is 7. The van der Waals surface area contributed by atoms with E-state index >= 15 is 0 Å². The summed E-state index contributed by atoms with van der Waals surface area (Å²) in [6, 6.07) is 13.0. The van der Waals surface area contributed by atoms with Crippen LogP contribution in [0.4, 0.5) is 0 Å². The van der Waals surface area contributed by atoms with Crippen LogP contribution < -0.4 is 4.72 Å². The largest absolute Gasteiger partial charge is 0.468 e. The molecule has 0 radical (unpaired) electrons. The van der Waals surface area contributed by atoms with Crippen LogP contribution in [-0.4, -0.2) is 33.0 Å². The van der Waals surface area contributed by atoms with Crippen molar-refractivity contribution in [2.75, 3.05) is 19.6 Å². The normalized spacial score (nSPS) is 17.5. The second-order valence-corrected chi connectivity index (χ2v) is 7.53. The Kier molecular flexibility index (Phi) is 5.50. The average Bonchev–Trinajstić information content (AvgIpc) is 3.28. The molecule has 1 aliphatic heterocycles. The number of furan rings is 1. The molecule has 1 N–H and O–H groups in total. The molecule has 1 saturated heterocycles. The van der Waals surface area contributed by atoms with Crippen molar-refractivity contribution in [1.82, 2.24) is 9.62 Å². The maximum Gasteiger partial charge on any atom is 0.233 e. The van der Waals surface area contributed by atoms with Crippen molar-refractivity contribution in [2.24, 2.45) is 0 Å². The van der Waals surface area contributed by atoms with Gasteiger partial charge in [0.1, 0.15) is 5.76 Å². The van der Waals surface area contributed by atoms with Crippen molar-refractivity contribution < 1.29 is 12.8 Å². The SMILES string of the molecule is O=S(=O)(/C=C\c1ccccc1)NC[C@H](c1ccco1)N1CCCC1. The number of hydrogen-bond donors (Lipinski definition) is 1. The summed E-state index contributed by atoms with van der Waals surface area (Å²) in [6.07, 6.45) is 5.50. The predicted octanol–water partition coefficient (Wildman–Crippen LogP) is 3.01. The number of nitrogens with zero attached hydrogens (tertiary/aromatic N) is 1. The minimum absolute atomic E-state index is 0.0672. The molecule has 1 fully saturated rings. The van der Waals surface area contributed by atoms with Crippen LogP contribution in [-0.2, 0) is 10.0 Å². The second-order valence-electron chi connectivity index (χ2n) is 5.88. The minimum Gasteiger partial charge on any atom is -0.468 e. The van der Waals surface area contributed by atoms with E-state index in [0.717, 1.165) is 37.3 Å². The number of nitrogens with one attached hydrogen (secondary N) is 1. The van der Waals surface area contributed by atoms with Gasteiger partial charge in [-0.2, -0.15) is 0 Å². The molecule has 0 unspecified atom stereocenters. The zero-order chi connectivity index (χ0) is 16.8. The van der Waals surface area contributed by atoms with Crippen molar-refractivity contribution in [3.8, 4) is 0 Å². The molecule has 0 aliphatic carbocycles. The molecule has 0 spiro atoms.